The third kappa shape index (κ3) is 6.20. The second kappa shape index (κ2) is 11.0. The molecule has 2 saturated heterocycles. The normalized spacial score (nSPS) is 18.1. The molecule has 7 nitrogen and oxygen atoms in total. The van der Waals surface area contributed by atoms with E-state index in [0.29, 0.717) is 16.0 Å². The zero-order valence-corrected chi connectivity index (χ0v) is 19.2. The second-order valence-electron chi connectivity index (χ2n) is 8.11. The maximum Gasteiger partial charge on any atom is 0.250 e. The maximum absolute atomic E-state index is 6.09. The summed E-state index contributed by atoms with van der Waals surface area (Å²) >= 11 is 12.1. The summed E-state index contributed by atoms with van der Waals surface area (Å²) < 4.78 is 0. The number of rotatable bonds is 5. The van der Waals surface area contributed by atoms with Crippen LogP contribution in [0.4, 0.5) is 17.8 Å². The summed E-state index contributed by atoms with van der Waals surface area (Å²) in [6, 6.07) is 5.38. The second-order valence-corrected chi connectivity index (χ2v) is 8.92. The van der Waals surface area contributed by atoms with Gasteiger partial charge < -0.3 is 9.80 Å². The van der Waals surface area contributed by atoms with Crippen LogP contribution < -0.4 is 15.2 Å². The van der Waals surface area contributed by atoms with E-state index in [1.54, 1.807) is 18.3 Å². The average molecular weight is 462 g/mol. The molecule has 2 aromatic rings. The van der Waals surface area contributed by atoms with Crippen molar-refractivity contribution in [3.63, 3.8) is 0 Å². The van der Waals surface area contributed by atoms with Gasteiger partial charge in [0.2, 0.25) is 17.8 Å². The molecule has 2 aliphatic heterocycles. The van der Waals surface area contributed by atoms with E-state index in [2.05, 4.69) is 30.3 Å². The summed E-state index contributed by atoms with van der Waals surface area (Å²) in [4.78, 5) is 18.8. The molecule has 0 spiro atoms. The molecule has 166 valence electrons. The molecule has 0 radical (unpaired) electrons. The number of hydrogen-bond acceptors (Lipinski definition) is 7. The number of benzene rings is 1. The lowest BCUT2D eigenvalue weighted by molar-refractivity contribution is 0.726. The van der Waals surface area contributed by atoms with Gasteiger partial charge in [-0.25, -0.2) is 5.43 Å². The molecule has 1 aromatic heterocycles. The van der Waals surface area contributed by atoms with Crippen LogP contribution in [0.3, 0.4) is 0 Å². The molecule has 0 aliphatic carbocycles. The summed E-state index contributed by atoms with van der Waals surface area (Å²) in [5.41, 5.74) is 3.84. The van der Waals surface area contributed by atoms with E-state index in [0.717, 1.165) is 43.6 Å². The van der Waals surface area contributed by atoms with Gasteiger partial charge in [-0.3, -0.25) is 0 Å². The van der Waals surface area contributed by atoms with Crippen LogP contribution in [0.1, 0.15) is 56.9 Å². The van der Waals surface area contributed by atoms with Gasteiger partial charge in [0.1, 0.15) is 0 Å². The van der Waals surface area contributed by atoms with Crippen LogP contribution in [-0.4, -0.2) is 47.3 Å². The van der Waals surface area contributed by atoms with E-state index in [1.807, 2.05) is 6.07 Å². The van der Waals surface area contributed by atoms with Gasteiger partial charge in [-0.1, -0.05) is 55.0 Å². The van der Waals surface area contributed by atoms with Crippen molar-refractivity contribution in [3.8, 4) is 0 Å². The molecular formula is C22H29Cl2N7. The number of anilines is 3. The zero-order chi connectivity index (χ0) is 21.5. The summed E-state index contributed by atoms with van der Waals surface area (Å²) in [6.45, 7) is 3.93. The predicted molar refractivity (Wildman–Crippen MR) is 129 cm³/mol. The van der Waals surface area contributed by atoms with Crippen molar-refractivity contribution in [2.45, 2.75) is 51.4 Å². The molecule has 2 aliphatic rings. The average Bonchev–Trinajstić information content (AvgIpc) is 3.22. The maximum atomic E-state index is 6.09. The summed E-state index contributed by atoms with van der Waals surface area (Å²) in [7, 11) is 0. The molecular weight excluding hydrogens is 433 g/mol. The van der Waals surface area contributed by atoms with Crippen molar-refractivity contribution in [2.75, 3.05) is 41.4 Å². The van der Waals surface area contributed by atoms with Crippen LogP contribution in [0.15, 0.2) is 23.3 Å². The monoisotopic (exact) mass is 461 g/mol. The van der Waals surface area contributed by atoms with Gasteiger partial charge in [0.15, 0.2) is 0 Å². The first-order chi connectivity index (χ1) is 15.2. The van der Waals surface area contributed by atoms with E-state index in [-0.39, 0.29) is 0 Å². The number of hydrazone groups is 1. The topological polar surface area (TPSA) is 69.5 Å². The highest BCUT2D eigenvalue weighted by Gasteiger charge is 2.19. The fourth-order valence-corrected chi connectivity index (χ4v) is 4.29. The summed E-state index contributed by atoms with van der Waals surface area (Å²) in [6.07, 6.45) is 11.4. The molecule has 0 saturated carbocycles. The molecule has 0 amide bonds. The standard InChI is InChI=1S/C22H29Cl2N7/c23-18-10-9-17(15-19(18)24)16-25-29-20-26-21(30-11-5-1-2-6-12-30)28-22(27-20)31-13-7-3-4-8-14-31/h9-10,15-16H,1-8,11-14H2,(H,26,27,28,29)/b25-16-. The van der Waals surface area contributed by atoms with Crippen LogP contribution in [0.2, 0.25) is 10.0 Å². The van der Waals surface area contributed by atoms with Gasteiger partial charge in [-0.05, 0) is 43.4 Å². The minimum absolute atomic E-state index is 0.463. The van der Waals surface area contributed by atoms with Gasteiger partial charge in [-0.2, -0.15) is 20.1 Å². The van der Waals surface area contributed by atoms with Crippen LogP contribution in [0.25, 0.3) is 0 Å². The molecule has 1 N–H and O–H groups in total. The Hall–Kier alpha value is -2.12. The smallest absolute Gasteiger partial charge is 0.250 e. The Bertz CT molecular complexity index is 851. The zero-order valence-electron chi connectivity index (χ0n) is 17.7. The van der Waals surface area contributed by atoms with Crippen molar-refractivity contribution < 1.29 is 0 Å². The largest absolute Gasteiger partial charge is 0.341 e. The van der Waals surface area contributed by atoms with E-state index in [9.17, 15) is 0 Å². The minimum atomic E-state index is 0.463. The quantitative estimate of drug-likeness (QED) is 0.475. The molecule has 0 atom stereocenters. The minimum Gasteiger partial charge on any atom is -0.341 e. The van der Waals surface area contributed by atoms with Crippen molar-refractivity contribution in [2.24, 2.45) is 5.10 Å². The summed E-state index contributed by atoms with van der Waals surface area (Å²) in [5.74, 6) is 1.94. The Morgan fingerprint density at radius 3 is 1.81 bits per heavy atom. The fourth-order valence-electron chi connectivity index (χ4n) is 3.99. The first-order valence-corrected chi connectivity index (χ1v) is 11.9. The molecule has 3 heterocycles. The SMILES string of the molecule is Clc1ccc(/C=N\Nc2nc(N3CCCCCC3)nc(N3CCCCCC3)n2)cc1Cl. The van der Waals surface area contributed by atoms with Crippen molar-refractivity contribution >= 4 is 47.3 Å². The lowest BCUT2D eigenvalue weighted by Crippen LogP contribution is -2.30. The number of nitrogens with zero attached hydrogens (tertiary/aromatic N) is 6. The van der Waals surface area contributed by atoms with Crippen LogP contribution >= 0.6 is 23.2 Å². The Morgan fingerprint density at radius 2 is 1.29 bits per heavy atom. The Labute approximate surface area is 193 Å². The van der Waals surface area contributed by atoms with Crippen LogP contribution in [0.5, 0.6) is 0 Å². The third-order valence-electron chi connectivity index (χ3n) is 5.71. The van der Waals surface area contributed by atoms with Gasteiger partial charge in [0.05, 0.1) is 16.3 Å². The highest BCUT2D eigenvalue weighted by Crippen LogP contribution is 2.23. The number of hydrogen-bond donors (Lipinski definition) is 1. The molecule has 31 heavy (non-hydrogen) atoms. The number of aromatic nitrogens is 3. The fraction of sp³-hybridized carbons (Fsp3) is 0.545. The lowest BCUT2D eigenvalue weighted by atomic mass is 10.2. The van der Waals surface area contributed by atoms with E-state index in [1.165, 1.54) is 51.4 Å². The highest BCUT2D eigenvalue weighted by molar-refractivity contribution is 6.42. The Balaban J connectivity index is 1.56. The first-order valence-electron chi connectivity index (χ1n) is 11.2. The van der Waals surface area contributed by atoms with E-state index >= 15 is 0 Å². The van der Waals surface area contributed by atoms with Gasteiger partial charge >= 0.3 is 0 Å². The Kier molecular flexibility index (Phi) is 7.81. The van der Waals surface area contributed by atoms with Crippen molar-refractivity contribution in [1.82, 2.24) is 15.0 Å². The molecule has 1 aromatic carbocycles. The lowest BCUT2D eigenvalue weighted by Gasteiger charge is -2.24. The Morgan fingerprint density at radius 1 is 0.742 bits per heavy atom. The first kappa shape index (κ1) is 22.1. The predicted octanol–water partition coefficient (Wildman–Crippen LogP) is 5.39. The van der Waals surface area contributed by atoms with E-state index in [4.69, 9.17) is 28.2 Å². The van der Waals surface area contributed by atoms with Gasteiger partial charge in [-0.15, -0.1) is 0 Å². The molecule has 0 unspecified atom stereocenters. The van der Waals surface area contributed by atoms with E-state index < -0.39 is 0 Å². The van der Waals surface area contributed by atoms with Gasteiger partial charge in [0, 0.05) is 26.2 Å². The molecule has 2 fully saturated rings. The molecule has 9 heteroatoms. The van der Waals surface area contributed by atoms with Crippen LogP contribution in [-0.2, 0) is 0 Å². The number of halogens is 2. The van der Waals surface area contributed by atoms with Crippen molar-refractivity contribution in [1.29, 1.82) is 0 Å². The van der Waals surface area contributed by atoms with Crippen LogP contribution in [0, 0.1) is 0 Å². The third-order valence-corrected chi connectivity index (χ3v) is 6.45. The van der Waals surface area contributed by atoms with Gasteiger partial charge in [0.25, 0.3) is 0 Å². The van der Waals surface area contributed by atoms with Crippen molar-refractivity contribution in [3.05, 3.63) is 33.8 Å². The number of nitrogens with one attached hydrogen (secondary N) is 1. The highest BCUT2D eigenvalue weighted by atomic mass is 35.5. The summed E-state index contributed by atoms with van der Waals surface area (Å²) in [5, 5.41) is 5.35. The molecule has 0 bridgehead atoms. The molecule has 4 rings (SSSR count).